The third kappa shape index (κ3) is 6.04. The van der Waals surface area contributed by atoms with Gasteiger partial charge < -0.3 is 10.4 Å². The van der Waals surface area contributed by atoms with E-state index in [4.69, 9.17) is 5.11 Å². The van der Waals surface area contributed by atoms with Crippen molar-refractivity contribution in [2.75, 3.05) is 26.2 Å². The zero-order valence-corrected chi connectivity index (χ0v) is 13.2. The highest BCUT2D eigenvalue weighted by Gasteiger charge is 2.14. The molecule has 1 unspecified atom stereocenters. The summed E-state index contributed by atoms with van der Waals surface area (Å²) >= 11 is 0. The average Bonchev–Trinajstić information content (AvgIpc) is 2.46. The third-order valence-corrected chi connectivity index (χ3v) is 3.67. The minimum atomic E-state index is 0.233. The van der Waals surface area contributed by atoms with E-state index >= 15 is 0 Å². The Kier molecular flexibility index (Phi) is 8.51. The monoisotopic (exact) mass is 278 g/mol. The van der Waals surface area contributed by atoms with Gasteiger partial charge in [-0.25, -0.2) is 0 Å². The second-order valence-electron chi connectivity index (χ2n) is 5.56. The number of aliphatic hydroxyl groups excluding tert-OH is 1. The summed E-state index contributed by atoms with van der Waals surface area (Å²) in [4.78, 5) is 2.34. The SMILES string of the molecule is CCCNC(CCN(CCO)C(C)C)c1ccccc1. The van der Waals surface area contributed by atoms with Crippen LogP contribution in [0, 0.1) is 0 Å². The maximum atomic E-state index is 9.15. The Labute approximate surface area is 124 Å². The average molecular weight is 278 g/mol. The molecular formula is C17H30N2O. The molecule has 0 heterocycles. The van der Waals surface area contributed by atoms with E-state index in [2.05, 4.69) is 61.3 Å². The fourth-order valence-corrected chi connectivity index (χ4v) is 2.44. The smallest absolute Gasteiger partial charge is 0.0558 e. The molecule has 0 saturated carbocycles. The van der Waals surface area contributed by atoms with Crippen molar-refractivity contribution in [3.63, 3.8) is 0 Å². The highest BCUT2D eigenvalue weighted by molar-refractivity contribution is 5.18. The molecular weight excluding hydrogens is 248 g/mol. The summed E-state index contributed by atoms with van der Waals surface area (Å²) in [5.74, 6) is 0. The van der Waals surface area contributed by atoms with Crippen LogP contribution >= 0.6 is 0 Å². The molecule has 1 rings (SSSR count). The number of rotatable bonds is 10. The lowest BCUT2D eigenvalue weighted by atomic mass is 10.0. The Bertz CT molecular complexity index is 340. The van der Waals surface area contributed by atoms with Gasteiger partial charge in [0.25, 0.3) is 0 Å². The molecule has 114 valence electrons. The second kappa shape index (κ2) is 9.92. The van der Waals surface area contributed by atoms with Crippen molar-refractivity contribution in [1.82, 2.24) is 10.2 Å². The zero-order valence-electron chi connectivity index (χ0n) is 13.2. The van der Waals surface area contributed by atoms with Crippen LogP contribution in [0.5, 0.6) is 0 Å². The van der Waals surface area contributed by atoms with E-state index in [0.29, 0.717) is 12.1 Å². The molecule has 0 aliphatic carbocycles. The summed E-state index contributed by atoms with van der Waals surface area (Å²) in [6, 6.07) is 11.5. The first-order chi connectivity index (χ1) is 9.69. The molecule has 0 aromatic heterocycles. The Morgan fingerprint density at radius 2 is 1.85 bits per heavy atom. The molecule has 0 saturated heterocycles. The quantitative estimate of drug-likeness (QED) is 0.691. The van der Waals surface area contributed by atoms with E-state index in [9.17, 15) is 0 Å². The minimum absolute atomic E-state index is 0.233. The number of aliphatic hydroxyl groups is 1. The maximum Gasteiger partial charge on any atom is 0.0558 e. The van der Waals surface area contributed by atoms with Gasteiger partial charge in [-0.15, -0.1) is 0 Å². The number of hydrogen-bond donors (Lipinski definition) is 2. The number of hydrogen-bond acceptors (Lipinski definition) is 3. The van der Waals surface area contributed by atoms with Gasteiger partial charge in [0.05, 0.1) is 6.61 Å². The standard InChI is InChI=1S/C17H30N2O/c1-4-11-18-17(16-8-6-5-7-9-16)10-12-19(13-14-20)15(2)3/h5-9,15,17-18,20H,4,10-14H2,1-3H3. The highest BCUT2D eigenvalue weighted by Crippen LogP contribution is 2.17. The van der Waals surface area contributed by atoms with Crippen LogP contribution < -0.4 is 5.32 Å². The van der Waals surface area contributed by atoms with Crippen molar-refractivity contribution in [2.24, 2.45) is 0 Å². The molecule has 2 N–H and O–H groups in total. The largest absolute Gasteiger partial charge is 0.395 e. The summed E-state index contributed by atoms with van der Waals surface area (Å²) in [6.07, 6.45) is 2.22. The second-order valence-corrected chi connectivity index (χ2v) is 5.56. The molecule has 20 heavy (non-hydrogen) atoms. The fourth-order valence-electron chi connectivity index (χ4n) is 2.44. The first-order valence-electron chi connectivity index (χ1n) is 7.82. The van der Waals surface area contributed by atoms with Crippen LogP contribution in [0.25, 0.3) is 0 Å². The summed E-state index contributed by atoms with van der Waals surface area (Å²) in [5, 5.41) is 12.8. The van der Waals surface area contributed by atoms with E-state index in [1.807, 2.05) is 0 Å². The van der Waals surface area contributed by atoms with Gasteiger partial charge in [0.15, 0.2) is 0 Å². The van der Waals surface area contributed by atoms with E-state index in [-0.39, 0.29) is 6.61 Å². The summed E-state index contributed by atoms with van der Waals surface area (Å²) in [7, 11) is 0. The molecule has 1 atom stereocenters. The predicted molar refractivity (Wildman–Crippen MR) is 85.9 cm³/mol. The van der Waals surface area contributed by atoms with Crippen LogP contribution in [0.4, 0.5) is 0 Å². The molecule has 0 aliphatic rings. The molecule has 0 radical (unpaired) electrons. The summed E-state index contributed by atoms with van der Waals surface area (Å²) < 4.78 is 0. The van der Waals surface area contributed by atoms with Crippen molar-refractivity contribution in [3.8, 4) is 0 Å². The lowest BCUT2D eigenvalue weighted by Crippen LogP contribution is -2.36. The minimum Gasteiger partial charge on any atom is -0.395 e. The van der Waals surface area contributed by atoms with Gasteiger partial charge in [-0.2, -0.15) is 0 Å². The highest BCUT2D eigenvalue weighted by atomic mass is 16.3. The summed E-state index contributed by atoms with van der Waals surface area (Å²) in [5.41, 5.74) is 1.36. The van der Waals surface area contributed by atoms with Crippen molar-refractivity contribution in [1.29, 1.82) is 0 Å². The van der Waals surface area contributed by atoms with Crippen LogP contribution in [0.2, 0.25) is 0 Å². The van der Waals surface area contributed by atoms with Gasteiger partial charge in [0.1, 0.15) is 0 Å². The van der Waals surface area contributed by atoms with Crippen LogP contribution in [-0.2, 0) is 0 Å². The topological polar surface area (TPSA) is 35.5 Å². The fraction of sp³-hybridized carbons (Fsp3) is 0.647. The Balaban J connectivity index is 2.60. The molecule has 0 amide bonds. The van der Waals surface area contributed by atoms with Gasteiger partial charge >= 0.3 is 0 Å². The molecule has 0 bridgehead atoms. The number of benzene rings is 1. The van der Waals surface area contributed by atoms with Gasteiger partial charge in [0.2, 0.25) is 0 Å². The maximum absolute atomic E-state index is 9.15. The van der Waals surface area contributed by atoms with Gasteiger partial charge in [-0.3, -0.25) is 4.90 Å². The lowest BCUT2D eigenvalue weighted by Gasteiger charge is -2.28. The summed E-state index contributed by atoms with van der Waals surface area (Å²) in [6.45, 7) is 9.61. The molecule has 1 aromatic rings. The number of nitrogens with zero attached hydrogens (tertiary/aromatic N) is 1. The third-order valence-electron chi connectivity index (χ3n) is 3.67. The van der Waals surface area contributed by atoms with E-state index in [1.165, 1.54) is 5.56 Å². The number of nitrogens with one attached hydrogen (secondary N) is 1. The molecule has 3 heteroatoms. The normalized spacial score (nSPS) is 13.1. The predicted octanol–water partition coefficient (Wildman–Crippen LogP) is 2.82. The Hall–Kier alpha value is -0.900. The van der Waals surface area contributed by atoms with E-state index < -0.39 is 0 Å². The van der Waals surface area contributed by atoms with Crippen LogP contribution in [0.3, 0.4) is 0 Å². The van der Waals surface area contributed by atoms with E-state index in [1.54, 1.807) is 0 Å². The van der Waals surface area contributed by atoms with Crippen molar-refractivity contribution >= 4 is 0 Å². The van der Waals surface area contributed by atoms with Gasteiger partial charge in [-0.1, -0.05) is 37.3 Å². The van der Waals surface area contributed by atoms with Gasteiger partial charge in [-0.05, 0) is 38.8 Å². The van der Waals surface area contributed by atoms with Crippen LogP contribution in [-0.4, -0.2) is 42.3 Å². The van der Waals surface area contributed by atoms with E-state index in [0.717, 1.165) is 32.5 Å². The van der Waals surface area contributed by atoms with Crippen LogP contribution in [0.15, 0.2) is 30.3 Å². The zero-order chi connectivity index (χ0) is 14.8. The van der Waals surface area contributed by atoms with Crippen molar-refractivity contribution in [2.45, 2.75) is 45.7 Å². The Morgan fingerprint density at radius 3 is 2.40 bits per heavy atom. The molecule has 0 fully saturated rings. The molecule has 0 spiro atoms. The Morgan fingerprint density at radius 1 is 1.15 bits per heavy atom. The van der Waals surface area contributed by atoms with Gasteiger partial charge in [0, 0.05) is 25.2 Å². The van der Waals surface area contributed by atoms with Crippen molar-refractivity contribution < 1.29 is 5.11 Å². The molecule has 0 aliphatic heterocycles. The molecule has 1 aromatic carbocycles. The lowest BCUT2D eigenvalue weighted by molar-refractivity contribution is 0.159. The molecule has 3 nitrogen and oxygen atoms in total. The van der Waals surface area contributed by atoms with Crippen molar-refractivity contribution in [3.05, 3.63) is 35.9 Å². The first kappa shape index (κ1) is 17.2. The van der Waals surface area contributed by atoms with Crippen LogP contribution in [0.1, 0.15) is 45.2 Å². The first-order valence-corrected chi connectivity index (χ1v) is 7.82.